The fourth-order valence-electron chi connectivity index (χ4n) is 4.32. The first-order valence-electron chi connectivity index (χ1n) is 10.8. The second kappa shape index (κ2) is 8.09. The van der Waals surface area contributed by atoms with Crippen molar-refractivity contribution in [3.05, 3.63) is 64.8 Å². The van der Waals surface area contributed by atoms with Crippen molar-refractivity contribution < 1.29 is 19.2 Å². The Labute approximate surface area is 201 Å². The number of fused-ring (bicyclic) bond motifs is 2. The van der Waals surface area contributed by atoms with Crippen molar-refractivity contribution in [2.45, 2.75) is 25.4 Å². The van der Waals surface area contributed by atoms with E-state index in [1.807, 2.05) is 17.5 Å². The molecule has 2 aromatic carbocycles. The van der Waals surface area contributed by atoms with Gasteiger partial charge in [0.05, 0.1) is 17.4 Å². The molecule has 2 aliphatic rings. The van der Waals surface area contributed by atoms with Gasteiger partial charge in [0.1, 0.15) is 6.04 Å². The lowest BCUT2D eigenvalue weighted by atomic mass is 10.0. The van der Waals surface area contributed by atoms with Crippen molar-refractivity contribution in [2.24, 2.45) is 0 Å². The highest BCUT2D eigenvalue weighted by Crippen LogP contribution is 2.29. The Hall–Kier alpha value is -4.45. The summed E-state index contributed by atoms with van der Waals surface area (Å²) in [5.41, 5.74) is 3.38. The molecule has 4 aromatic rings. The summed E-state index contributed by atoms with van der Waals surface area (Å²) in [6.07, 6.45) is 1.98. The molecule has 2 aliphatic heterocycles. The molecule has 4 heterocycles. The normalized spacial score (nSPS) is 17.5. The molecule has 0 aliphatic carbocycles. The summed E-state index contributed by atoms with van der Waals surface area (Å²) in [6, 6.07) is 9.98. The molecule has 0 saturated carbocycles. The first-order chi connectivity index (χ1) is 17.0. The van der Waals surface area contributed by atoms with Gasteiger partial charge in [-0.25, -0.2) is 4.68 Å². The number of hydrogen-bond donors (Lipinski definition) is 2. The topological polar surface area (TPSA) is 139 Å². The molecule has 0 spiro atoms. The molecule has 2 N–H and O–H groups in total. The number of nitrogens with one attached hydrogen (secondary N) is 2. The van der Waals surface area contributed by atoms with Gasteiger partial charge in [-0.15, -0.1) is 5.10 Å². The summed E-state index contributed by atoms with van der Waals surface area (Å²) < 4.78 is 5.66. The molecule has 1 unspecified atom stereocenters. The molecule has 12 heteroatoms. The molecule has 1 atom stereocenters. The van der Waals surface area contributed by atoms with Gasteiger partial charge >= 0.3 is 0 Å². The molecule has 2 aromatic heterocycles. The van der Waals surface area contributed by atoms with Crippen molar-refractivity contribution in [2.75, 3.05) is 5.32 Å². The lowest BCUT2D eigenvalue weighted by Crippen LogP contribution is -2.52. The van der Waals surface area contributed by atoms with Crippen molar-refractivity contribution in [3.63, 3.8) is 0 Å². The predicted octanol–water partition coefficient (Wildman–Crippen LogP) is 1.89. The summed E-state index contributed by atoms with van der Waals surface area (Å²) >= 11 is 1.35. The van der Waals surface area contributed by atoms with Gasteiger partial charge in [-0.3, -0.25) is 24.5 Å². The first kappa shape index (κ1) is 21.1. The fourth-order valence-corrected chi connectivity index (χ4v) is 4.96. The van der Waals surface area contributed by atoms with Crippen LogP contribution in [0.15, 0.2) is 48.0 Å². The molecule has 6 rings (SSSR count). The van der Waals surface area contributed by atoms with Gasteiger partial charge in [0.15, 0.2) is 5.69 Å². The fraction of sp³-hybridized carbons (Fsp3) is 0.174. The third kappa shape index (κ3) is 3.73. The number of piperidine rings is 1. The van der Waals surface area contributed by atoms with E-state index in [1.54, 1.807) is 24.3 Å². The number of anilines is 1. The van der Waals surface area contributed by atoms with Crippen molar-refractivity contribution in [1.82, 2.24) is 29.6 Å². The average Bonchev–Trinajstić information content (AvgIpc) is 3.58. The standard InChI is InChI=1S/C23H17N7O4S/c31-20-6-5-19(22(33)25-20)29-9-12-1-3-15(8-16(12)23(29)34)30-10-18(26-28-30)21(32)24-14-2-4-17-13(7-14)11-35-27-17/h1-4,7-8,10-11,19H,5-6,9H2,(H,24,32)(H,25,31,33). The van der Waals surface area contributed by atoms with Gasteiger partial charge in [0.25, 0.3) is 11.8 Å². The second-order valence-electron chi connectivity index (χ2n) is 8.33. The van der Waals surface area contributed by atoms with E-state index in [9.17, 15) is 19.2 Å². The lowest BCUT2D eigenvalue weighted by molar-refractivity contribution is -0.136. The Kier molecular flexibility index (Phi) is 4.88. The number of nitrogens with zero attached hydrogens (tertiary/aromatic N) is 5. The van der Waals surface area contributed by atoms with E-state index in [4.69, 9.17) is 0 Å². The van der Waals surface area contributed by atoms with Gasteiger partial charge in [-0.1, -0.05) is 11.3 Å². The number of amides is 4. The van der Waals surface area contributed by atoms with Gasteiger partial charge < -0.3 is 10.2 Å². The van der Waals surface area contributed by atoms with Crippen molar-refractivity contribution >= 4 is 51.8 Å². The minimum Gasteiger partial charge on any atom is -0.322 e. The molecule has 35 heavy (non-hydrogen) atoms. The number of carbonyl (C=O) groups is 4. The Balaban J connectivity index is 1.20. The van der Waals surface area contributed by atoms with Crippen LogP contribution in [0.2, 0.25) is 0 Å². The Morgan fingerprint density at radius 2 is 2.03 bits per heavy atom. The molecule has 174 valence electrons. The summed E-state index contributed by atoms with van der Waals surface area (Å²) in [5, 5.41) is 15.9. The largest absolute Gasteiger partial charge is 0.322 e. The summed E-state index contributed by atoms with van der Waals surface area (Å²) in [6.45, 7) is 0.287. The number of rotatable bonds is 4. The molecule has 11 nitrogen and oxygen atoms in total. The van der Waals surface area contributed by atoms with Crippen LogP contribution in [0.1, 0.15) is 39.3 Å². The van der Waals surface area contributed by atoms with E-state index in [0.29, 0.717) is 23.4 Å². The van der Waals surface area contributed by atoms with Gasteiger partial charge in [0, 0.05) is 35.0 Å². The highest BCUT2D eigenvalue weighted by atomic mass is 32.1. The number of benzene rings is 2. The van der Waals surface area contributed by atoms with Crippen LogP contribution in [0.25, 0.3) is 16.6 Å². The van der Waals surface area contributed by atoms with Crippen molar-refractivity contribution in [3.8, 4) is 5.69 Å². The quantitative estimate of drug-likeness (QED) is 0.419. The zero-order chi connectivity index (χ0) is 24.1. The van der Waals surface area contributed by atoms with E-state index in [2.05, 4.69) is 25.3 Å². The third-order valence-electron chi connectivity index (χ3n) is 6.12. The Bertz CT molecular complexity index is 1540. The van der Waals surface area contributed by atoms with Crippen LogP contribution in [0, 0.1) is 0 Å². The Morgan fingerprint density at radius 1 is 1.14 bits per heavy atom. The molecular weight excluding hydrogens is 470 g/mol. The van der Waals surface area contributed by atoms with Crippen LogP contribution in [0.4, 0.5) is 5.69 Å². The highest BCUT2D eigenvalue weighted by Gasteiger charge is 2.39. The predicted molar refractivity (Wildman–Crippen MR) is 125 cm³/mol. The van der Waals surface area contributed by atoms with E-state index >= 15 is 0 Å². The number of aromatic nitrogens is 4. The number of imide groups is 1. The van der Waals surface area contributed by atoms with Crippen LogP contribution in [-0.4, -0.2) is 53.9 Å². The molecule has 1 fully saturated rings. The highest BCUT2D eigenvalue weighted by molar-refractivity contribution is 7.04. The van der Waals surface area contributed by atoms with Gasteiger partial charge in [-0.2, -0.15) is 4.37 Å². The van der Waals surface area contributed by atoms with E-state index in [-0.39, 0.29) is 30.5 Å². The second-order valence-corrected chi connectivity index (χ2v) is 8.96. The number of hydrogen-bond acceptors (Lipinski definition) is 8. The maximum atomic E-state index is 13.0. The summed E-state index contributed by atoms with van der Waals surface area (Å²) in [4.78, 5) is 50.9. The van der Waals surface area contributed by atoms with Gasteiger partial charge in [-0.05, 0) is 53.8 Å². The van der Waals surface area contributed by atoms with Crippen LogP contribution >= 0.6 is 11.5 Å². The minimum atomic E-state index is -0.679. The number of carbonyl (C=O) groups excluding carboxylic acids is 4. The third-order valence-corrected chi connectivity index (χ3v) is 6.78. The minimum absolute atomic E-state index is 0.116. The van der Waals surface area contributed by atoms with Crippen molar-refractivity contribution in [1.29, 1.82) is 0 Å². The van der Waals surface area contributed by atoms with Crippen LogP contribution in [0.3, 0.4) is 0 Å². The van der Waals surface area contributed by atoms with Crippen LogP contribution in [-0.2, 0) is 16.1 Å². The summed E-state index contributed by atoms with van der Waals surface area (Å²) in [5.74, 6) is -1.48. The van der Waals surface area contributed by atoms with E-state index in [1.165, 1.54) is 27.3 Å². The SMILES string of the molecule is O=C1CCC(N2Cc3ccc(-n4cc(C(=O)Nc5ccc6nscc6c5)nn4)cc3C2=O)C(=O)N1. The van der Waals surface area contributed by atoms with Gasteiger partial charge in [0.2, 0.25) is 11.8 Å². The summed E-state index contributed by atoms with van der Waals surface area (Å²) in [7, 11) is 0. The smallest absolute Gasteiger partial charge is 0.277 e. The van der Waals surface area contributed by atoms with E-state index in [0.717, 1.165) is 16.5 Å². The lowest BCUT2D eigenvalue weighted by Gasteiger charge is -2.29. The monoisotopic (exact) mass is 487 g/mol. The van der Waals surface area contributed by atoms with Crippen LogP contribution < -0.4 is 10.6 Å². The molecule has 0 bridgehead atoms. The molecule has 1 saturated heterocycles. The zero-order valence-electron chi connectivity index (χ0n) is 18.1. The zero-order valence-corrected chi connectivity index (χ0v) is 18.9. The first-order valence-corrected chi connectivity index (χ1v) is 11.7. The maximum absolute atomic E-state index is 13.0. The molecular formula is C23H17N7O4S. The molecule has 4 amide bonds. The van der Waals surface area contributed by atoms with Crippen LogP contribution in [0.5, 0.6) is 0 Å². The molecule has 0 radical (unpaired) electrons. The van der Waals surface area contributed by atoms with E-state index < -0.39 is 17.9 Å². The average molecular weight is 488 g/mol. The maximum Gasteiger partial charge on any atom is 0.277 e. The Morgan fingerprint density at radius 3 is 2.89 bits per heavy atom.